The second-order valence-corrected chi connectivity index (χ2v) is 2.78. The van der Waals surface area contributed by atoms with E-state index in [1.807, 2.05) is 0 Å². The van der Waals surface area contributed by atoms with Gasteiger partial charge in [-0.1, -0.05) is 41.5 Å². The summed E-state index contributed by atoms with van der Waals surface area (Å²) < 4.78 is 0. The van der Waals surface area contributed by atoms with Crippen molar-refractivity contribution in [2.75, 3.05) is 0 Å². The zero-order chi connectivity index (χ0) is 7.56. The van der Waals surface area contributed by atoms with Gasteiger partial charge in [-0.05, 0) is 6.92 Å². The first-order valence-electron chi connectivity index (χ1n) is 3.80. The van der Waals surface area contributed by atoms with Crippen LogP contribution in [0.15, 0.2) is 18.2 Å². The van der Waals surface area contributed by atoms with E-state index in [2.05, 4.69) is 39.8 Å². The third-order valence-corrected chi connectivity index (χ3v) is 1.88. The average Bonchev–Trinajstić information content (AvgIpc) is 1.88. The van der Waals surface area contributed by atoms with Crippen LogP contribution in [0.1, 0.15) is 5.56 Å². The summed E-state index contributed by atoms with van der Waals surface area (Å²) in [5.74, 6) is 0. The summed E-state index contributed by atoms with van der Waals surface area (Å²) in [5.41, 5.74) is 4.24. The van der Waals surface area contributed by atoms with Gasteiger partial charge in [0.25, 0.3) is 0 Å². The normalized spacial score (nSPS) is 9.40. The summed E-state index contributed by atoms with van der Waals surface area (Å²) >= 11 is 0. The van der Waals surface area contributed by atoms with Gasteiger partial charge in [0.2, 0.25) is 0 Å². The third-order valence-electron chi connectivity index (χ3n) is 1.88. The van der Waals surface area contributed by atoms with Gasteiger partial charge in [-0.3, -0.25) is 0 Å². The fourth-order valence-corrected chi connectivity index (χ4v) is 1.24. The van der Waals surface area contributed by atoms with Crippen LogP contribution in [0, 0.1) is 6.92 Å². The molecule has 0 atom stereocenters. The molecule has 2 heteroatoms. The first-order chi connectivity index (χ1) is 4.74. The highest BCUT2D eigenvalue weighted by molar-refractivity contribution is 6.52. The Morgan fingerprint density at radius 3 is 2.60 bits per heavy atom. The molecule has 10 heavy (non-hydrogen) atoms. The van der Waals surface area contributed by atoms with Gasteiger partial charge in [0.1, 0.15) is 7.85 Å². The topological polar surface area (TPSA) is 0 Å². The first-order valence-corrected chi connectivity index (χ1v) is 3.80. The minimum absolute atomic E-state index is 1.14. The second-order valence-electron chi connectivity index (χ2n) is 2.78. The lowest BCUT2D eigenvalue weighted by Gasteiger charge is -2.01. The number of hydrogen-bond donors (Lipinski definition) is 0. The lowest BCUT2D eigenvalue weighted by Crippen LogP contribution is -2.18. The van der Waals surface area contributed by atoms with Gasteiger partial charge in [0.15, 0.2) is 7.28 Å². The Morgan fingerprint density at radius 2 is 2.10 bits per heavy atom. The van der Waals surface area contributed by atoms with E-state index in [-0.39, 0.29) is 0 Å². The molecule has 0 aliphatic carbocycles. The Kier molecular flexibility index (Phi) is 2.21. The fraction of sp³-hybridized carbons (Fsp3) is 0.250. The predicted molar refractivity (Wildman–Crippen MR) is 52.0 cm³/mol. The minimum Gasteiger partial charge on any atom is -0.0887 e. The largest absolute Gasteiger partial charge is 0.154 e. The highest BCUT2D eigenvalue weighted by Gasteiger charge is 1.94. The van der Waals surface area contributed by atoms with Crippen LogP contribution >= 0.6 is 0 Å². The molecule has 0 unspecified atom stereocenters. The summed E-state index contributed by atoms with van der Waals surface area (Å²) in [5, 5.41) is 0. The Balaban J connectivity index is 3.07. The summed E-state index contributed by atoms with van der Waals surface area (Å²) in [7, 11) is 3.28. The second kappa shape index (κ2) is 2.96. The SMILES string of the molecule is Bc1ccc(BC)c(C)c1. The maximum atomic E-state index is 2.23. The molecule has 0 fully saturated rings. The summed E-state index contributed by atoms with van der Waals surface area (Å²) in [4.78, 5) is 0. The van der Waals surface area contributed by atoms with E-state index < -0.39 is 0 Å². The van der Waals surface area contributed by atoms with Crippen LogP contribution in [0.2, 0.25) is 6.82 Å². The standard InChI is InChI=1S/C8H12B2/c1-6-5-7(9)3-4-8(6)10-2/h3-5,10H,9H2,1-2H3. The van der Waals surface area contributed by atoms with E-state index in [1.54, 1.807) is 0 Å². The minimum atomic E-state index is 1.14. The maximum Gasteiger partial charge on any atom is 0.154 e. The van der Waals surface area contributed by atoms with Crippen molar-refractivity contribution in [1.29, 1.82) is 0 Å². The zero-order valence-electron chi connectivity index (χ0n) is 6.94. The molecule has 0 saturated heterocycles. The Bertz CT molecular complexity index is 231. The molecular formula is C8H12B2. The van der Waals surface area contributed by atoms with Crippen molar-refractivity contribution >= 4 is 26.1 Å². The van der Waals surface area contributed by atoms with Crippen LogP contribution in [0.25, 0.3) is 0 Å². The van der Waals surface area contributed by atoms with Crippen molar-refractivity contribution in [3.63, 3.8) is 0 Å². The van der Waals surface area contributed by atoms with Crippen molar-refractivity contribution < 1.29 is 0 Å². The average molecular weight is 130 g/mol. The number of rotatable bonds is 1. The van der Waals surface area contributed by atoms with Crippen LogP contribution < -0.4 is 10.9 Å². The first kappa shape index (κ1) is 7.46. The smallest absolute Gasteiger partial charge is 0.0887 e. The molecule has 0 amide bonds. The van der Waals surface area contributed by atoms with Crippen LogP contribution in [-0.2, 0) is 0 Å². The predicted octanol–water partition coefficient (Wildman–Crippen LogP) is -0.637. The molecule has 0 radical (unpaired) electrons. The highest BCUT2D eigenvalue weighted by atomic mass is 13.9. The molecule has 0 nitrogen and oxygen atoms in total. The quantitative estimate of drug-likeness (QED) is 0.443. The molecule has 0 saturated carbocycles. The maximum absolute atomic E-state index is 2.23. The van der Waals surface area contributed by atoms with E-state index >= 15 is 0 Å². The molecule has 1 rings (SSSR count). The van der Waals surface area contributed by atoms with Gasteiger partial charge in [-0.2, -0.15) is 0 Å². The van der Waals surface area contributed by atoms with Gasteiger partial charge >= 0.3 is 0 Å². The lowest BCUT2D eigenvalue weighted by molar-refractivity contribution is 1.54. The van der Waals surface area contributed by atoms with Crippen molar-refractivity contribution in [2.45, 2.75) is 13.7 Å². The van der Waals surface area contributed by atoms with Gasteiger partial charge in [0, 0.05) is 0 Å². The fourth-order valence-electron chi connectivity index (χ4n) is 1.24. The lowest BCUT2D eigenvalue weighted by atomic mass is 9.70. The Hall–Kier alpha value is -0.650. The molecule has 0 aromatic heterocycles. The van der Waals surface area contributed by atoms with Crippen LogP contribution in [0.4, 0.5) is 0 Å². The van der Waals surface area contributed by atoms with Crippen molar-refractivity contribution in [2.24, 2.45) is 0 Å². The Morgan fingerprint density at radius 1 is 1.40 bits per heavy atom. The van der Waals surface area contributed by atoms with Crippen molar-refractivity contribution in [1.82, 2.24) is 0 Å². The number of aryl methyl sites for hydroxylation is 1. The van der Waals surface area contributed by atoms with Crippen LogP contribution in [0.5, 0.6) is 0 Å². The van der Waals surface area contributed by atoms with Gasteiger partial charge in [-0.15, -0.1) is 0 Å². The summed E-state index contributed by atoms with van der Waals surface area (Å²) in [6.07, 6.45) is 0. The van der Waals surface area contributed by atoms with E-state index in [4.69, 9.17) is 0 Å². The molecule has 0 aliphatic heterocycles. The van der Waals surface area contributed by atoms with Gasteiger partial charge in [-0.25, -0.2) is 0 Å². The molecule has 0 N–H and O–H groups in total. The van der Waals surface area contributed by atoms with E-state index in [0.29, 0.717) is 0 Å². The summed E-state index contributed by atoms with van der Waals surface area (Å²) in [6.45, 7) is 4.36. The Labute approximate surface area is 64.3 Å². The summed E-state index contributed by atoms with van der Waals surface area (Å²) in [6, 6.07) is 6.62. The third kappa shape index (κ3) is 1.44. The van der Waals surface area contributed by atoms with Crippen LogP contribution in [-0.4, -0.2) is 15.1 Å². The molecule has 50 valence electrons. The molecule has 0 bridgehead atoms. The molecule has 1 aromatic carbocycles. The molecule has 0 aliphatic rings. The van der Waals surface area contributed by atoms with Gasteiger partial charge < -0.3 is 0 Å². The van der Waals surface area contributed by atoms with Gasteiger partial charge in [0.05, 0.1) is 0 Å². The van der Waals surface area contributed by atoms with E-state index in [9.17, 15) is 0 Å². The molecule has 0 spiro atoms. The highest BCUT2D eigenvalue weighted by Crippen LogP contribution is 1.88. The molecular weight excluding hydrogens is 118 g/mol. The van der Waals surface area contributed by atoms with E-state index in [1.165, 1.54) is 16.5 Å². The zero-order valence-corrected chi connectivity index (χ0v) is 6.94. The van der Waals surface area contributed by atoms with E-state index in [0.717, 1.165) is 7.28 Å². The van der Waals surface area contributed by atoms with Crippen molar-refractivity contribution in [3.05, 3.63) is 23.8 Å². The van der Waals surface area contributed by atoms with Crippen LogP contribution in [0.3, 0.4) is 0 Å². The van der Waals surface area contributed by atoms with Crippen molar-refractivity contribution in [3.8, 4) is 0 Å². The number of hydrogen-bond acceptors (Lipinski definition) is 0. The molecule has 0 heterocycles. The number of benzene rings is 1. The molecule has 1 aromatic rings. The monoisotopic (exact) mass is 130 g/mol.